The lowest BCUT2D eigenvalue weighted by Crippen LogP contribution is -2.41. The molecule has 0 N–H and O–H groups in total. The Morgan fingerprint density at radius 3 is 2.42 bits per heavy atom. The molecule has 2 heterocycles. The van der Waals surface area contributed by atoms with Gasteiger partial charge in [-0.2, -0.15) is 13.2 Å². The Bertz CT molecular complexity index is 877. The largest absolute Gasteiger partial charge is 0.451 e. The Morgan fingerprint density at radius 2 is 1.88 bits per heavy atom. The molecule has 0 atom stereocenters. The maximum atomic E-state index is 12.9. The number of amides is 1. The Morgan fingerprint density at radius 1 is 1.23 bits per heavy atom. The molecule has 0 spiro atoms. The molecule has 1 amide bonds. The molecular weight excluding hydrogens is 349 g/mol. The van der Waals surface area contributed by atoms with Crippen molar-refractivity contribution in [1.82, 2.24) is 19.2 Å². The molecule has 2 aromatic rings. The van der Waals surface area contributed by atoms with Gasteiger partial charge in [-0.3, -0.25) is 9.36 Å². The number of hydrogen-bond donors (Lipinski definition) is 0. The highest BCUT2D eigenvalue weighted by Crippen LogP contribution is 2.28. The zero-order valence-corrected chi connectivity index (χ0v) is 14.5. The minimum Gasteiger partial charge on any atom is -0.338 e. The summed E-state index contributed by atoms with van der Waals surface area (Å²) in [6.07, 6.45) is -3.92. The molecule has 0 radical (unpaired) electrons. The second kappa shape index (κ2) is 6.62. The number of aromatic nitrogens is 3. The van der Waals surface area contributed by atoms with Gasteiger partial charge in [-0.1, -0.05) is 17.7 Å². The number of nitrogens with zero attached hydrogens (tertiary/aromatic N) is 4. The Balaban J connectivity index is 1.73. The average molecular weight is 368 g/mol. The molecule has 1 fully saturated rings. The molecule has 6 nitrogen and oxygen atoms in total. The van der Waals surface area contributed by atoms with Crippen molar-refractivity contribution in [1.29, 1.82) is 0 Å². The maximum absolute atomic E-state index is 12.9. The number of carbonyl (C=O) groups excluding carboxylic acids is 1. The van der Waals surface area contributed by atoms with Crippen molar-refractivity contribution in [2.24, 2.45) is 7.05 Å². The van der Waals surface area contributed by atoms with Gasteiger partial charge in [0, 0.05) is 25.7 Å². The van der Waals surface area contributed by atoms with Gasteiger partial charge in [0.15, 0.2) is 0 Å². The zero-order valence-electron chi connectivity index (χ0n) is 14.5. The van der Waals surface area contributed by atoms with E-state index < -0.39 is 23.7 Å². The van der Waals surface area contributed by atoms with Gasteiger partial charge in [0.2, 0.25) is 5.82 Å². The molecule has 0 unspecified atom stereocenters. The fraction of sp³-hybridized carbons (Fsp3) is 0.471. The predicted octanol–water partition coefficient (Wildman–Crippen LogP) is 2.39. The van der Waals surface area contributed by atoms with Crippen LogP contribution in [0, 0.1) is 6.92 Å². The number of halogens is 3. The molecule has 1 saturated heterocycles. The quantitative estimate of drug-likeness (QED) is 0.818. The van der Waals surface area contributed by atoms with Gasteiger partial charge in [0.1, 0.15) is 0 Å². The number of hydrogen-bond acceptors (Lipinski definition) is 3. The van der Waals surface area contributed by atoms with E-state index in [1.165, 1.54) is 0 Å². The first-order valence-electron chi connectivity index (χ1n) is 8.27. The van der Waals surface area contributed by atoms with Gasteiger partial charge in [-0.15, -0.1) is 5.10 Å². The van der Waals surface area contributed by atoms with Crippen molar-refractivity contribution >= 4 is 5.91 Å². The number of piperidine rings is 1. The standard InChI is InChI=1S/C17H19F3N4O2/c1-11-4-3-5-12(10-11)14(25)23-8-6-13(7-9-23)24-16(26)22(2)15(21-24)17(18,19)20/h3-5,10,13H,6-9H2,1-2H3. The van der Waals surface area contributed by atoms with Crippen molar-refractivity contribution in [2.45, 2.75) is 32.0 Å². The Kier molecular flexibility index (Phi) is 4.64. The van der Waals surface area contributed by atoms with E-state index in [9.17, 15) is 22.8 Å². The van der Waals surface area contributed by atoms with Crippen LogP contribution in [-0.4, -0.2) is 38.2 Å². The summed E-state index contributed by atoms with van der Waals surface area (Å²) >= 11 is 0. The second-order valence-electron chi connectivity index (χ2n) is 6.50. The van der Waals surface area contributed by atoms with E-state index in [1.807, 2.05) is 13.0 Å². The summed E-state index contributed by atoms with van der Waals surface area (Å²) in [5, 5.41) is 3.48. The van der Waals surface area contributed by atoms with E-state index in [1.54, 1.807) is 23.1 Å². The minimum atomic E-state index is -4.68. The van der Waals surface area contributed by atoms with Crippen LogP contribution in [0.3, 0.4) is 0 Å². The lowest BCUT2D eigenvalue weighted by Gasteiger charge is -2.31. The Labute approximate surface area is 147 Å². The molecule has 1 aliphatic heterocycles. The third-order valence-corrected chi connectivity index (χ3v) is 4.62. The van der Waals surface area contributed by atoms with Crippen LogP contribution in [-0.2, 0) is 13.2 Å². The molecule has 0 saturated carbocycles. The number of alkyl halides is 3. The van der Waals surface area contributed by atoms with Crippen LogP contribution < -0.4 is 5.69 Å². The predicted molar refractivity (Wildman–Crippen MR) is 87.8 cm³/mol. The molecule has 0 aliphatic carbocycles. The monoisotopic (exact) mass is 368 g/mol. The van der Waals surface area contributed by atoms with Crippen LogP contribution in [0.4, 0.5) is 13.2 Å². The number of carbonyl (C=O) groups is 1. The van der Waals surface area contributed by atoms with E-state index in [0.717, 1.165) is 17.3 Å². The van der Waals surface area contributed by atoms with E-state index in [-0.39, 0.29) is 5.91 Å². The second-order valence-corrected chi connectivity index (χ2v) is 6.50. The third kappa shape index (κ3) is 3.38. The summed E-state index contributed by atoms with van der Waals surface area (Å²) in [5.74, 6) is -1.32. The highest BCUT2D eigenvalue weighted by molar-refractivity contribution is 5.94. The summed E-state index contributed by atoms with van der Waals surface area (Å²) < 4.78 is 40.1. The lowest BCUT2D eigenvalue weighted by atomic mass is 10.0. The van der Waals surface area contributed by atoms with Gasteiger partial charge in [0.25, 0.3) is 5.91 Å². The molecule has 1 aromatic heterocycles. The highest BCUT2D eigenvalue weighted by atomic mass is 19.4. The molecule has 3 rings (SSSR count). The first-order chi connectivity index (χ1) is 12.2. The van der Waals surface area contributed by atoms with E-state index in [4.69, 9.17) is 0 Å². The summed E-state index contributed by atoms with van der Waals surface area (Å²) in [6, 6.07) is 6.79. The first-order valence-corrected chi connectivity index (χ1v) is 8.27. The number of likely N-dealkylation sites (tertiary alicyclic amines) is 1. The van der Waals surface area contributed by atoms with Crippen LogP contribution in [0.1, 0.15) is 40.6 Å². The molecule has 26 heavy (non-hydrogen) atoms. The normalized spacial score (nSPS) is 16.1. The SMILES string of the molecule is Cc1cccc(C(=O)N2CCC(n3nc(C(F)(F)F)n(C)c3=O)CC2)c1. The van der Waals surface area contributed by atoms with Gasteiger partial charge >= 0.3 is 11.9 Å². The molecule has 0 bridgehead atoms. The van der Waals surface area contributed by atoms with E-state index >= 15 is 0 Å². The van der Waals surface area contributed by atoms with Gasteiger partial charge in [-0.05, 0) is 31.9 Å². The van der Waals surface area contributed by atoms with Crippen LogP contribution in [0.15, 0.2) is 29.1 Å². The molecular formula is C17H19F3N4O2. The Hall–Kier alpha value is -2.58. The molecule has 9 heteroatoms. The summed E-state index contributed by atoms with van der Waals surface area (Å²) in [5.41, 5.74) is 0.768. The van der Waals surface area contributed by atoms with Crippen molar-refractivity contribution < 1.29 is 18.0 Å². The number of rotatable bonds is 2. The number of benzene rings is 1. The van der Waals surface area contributed by atoms with Crippen LogP contribution in [0.2, 0.25) is 0 Å². The van der Waals surface area contributed by atoms with E-state index in [0.29, 0.717) is 36.1 Å². The van der Waals surface area contributed by atoms with Crippen LogP contribution in [0.5, 0.6) is 0 Å². The summed E-state index contributed by atoms with van der Waals surface area (Å²) in [7, 11) is 1.06. The van der Waals surface area contributed by atoms with E-state index in [2.05, 4.69) is 5.10 Å². The van der Waals surface area contributed by atoms with Crippen molar-refractivity contribution in [3.63, 3.8) is 0 Å². The summed E-state index contributed by atoms with van der Waals surface area (Å²) in [6.45, 7) is 2.62. The molecule has 1 aromatic carbocycles. The molecule has 140 valence electrons. The van der Waals surface area contributed by atoms with Crippen molar-refractivity contribution in [3.05, 3.63) is 51.7 Å². The lowest BCUT2D eigenvalue weighted by molar-refractivity contribution is -0.147. The van der Waals surface area contributed by atoms with Crippen LogP contribution in [0.25, 0.3) is 0 Å². The number of aryl methyl sites for hydroxylation is 1. The maximum Gasteiger partial charge on any atom is 0.451 e. The highest BCUT2D eigenvalue weighted by Gasteiger charge is 2.39. The van der Waals surface area contributed by atoms with Crippen LogP contribution >= 0.6 is 0 Å². The fourth-order valence-electron chi connectivity index (χ4n) is 3.22. The smallest absolute Gasteiger partial charge is 0.338 e. The topological polar surface area (TPSA) is 60.1 Å². The van der Waals surface area contributed by atoms with Crippen molar-refractivity contribution in [3.8, 4) is 0 Å². The summed E-state index contributed by atoms with van der Waals surface area (Å²) in [4.78, 5) is 26.3. The van der Waals surface area contributed by atoms with Gasteiger partial charge in [0.05, 0.1) is 6.04 Å². The molecule has 1 aliphatic rings. The van der Waals surface area contributed by atoms with Gasteiger partial charge in [-0.25, -0.2) is 9.48 Å². The minimum absolute atomic E-state index is 0.114. The average Bonchev–Trinajstić information content (AvgIpc) is 2.90. The van der Waals surface area contributed by atoms with Crippen molar-refractivity contribution in [2.75, 3.05) is 13.1 Å². The van der Waals surface area contributed by atoms with Gasteiger partial charge < -0.3 is 4.90 Å². The first kappa shape index (κ1) is 18.2. The fourth-order valence-corrected chi connectivity index (χ4v) is 3.22. The third-order valence-electron chi connectivity index (χ3n) is 4.62. The zero-order chi connectivity index (χ0) is 19.1.